The fourth-order valence-corrected chi connectivity index (χ4v) is 6.03. The second-order valence-corrected chi connectivity index (χ2v) is 13.7. The quantitative estimate of drug-likeness (QED) is 0.167. The van der Waals surface area contributed by atoms with Crippen molar-refractivity contribution in [2.45, 2.75) is 107 Å². The van der Waals surface area contributed by atoms with Gasteiger partial charge in [-0.15, -0.1) is 22.7 Å². The first-order valence-electron chi connectivity index (χ1n) is 15.8. The van der Waals surface area contributed by atoms with Crippen molar-refractivity contribution < 1.29 is 52.3 Å². The molecule has 2 aromatic carbocycles. The van der Waals surface area contributed by atoms with Crippen molar-refractivity contribution in [3.05, 3.63) is 58.8 Å². The van der Waals surface area contributed by atoms with E-state index >= 15 is 0 Å². The molecule has 256 valence electrons. The van der Waals surface area contributed by atoms with Gasteiger partial charge in [0.1, 0.15) is 11.5 Å². The van der Waals surface area contributed by atoms with Crippen LogP contribution in [0.5, 0.6) is 11.5 Å². The topological polar surface area (TPSA) is 86.6 Å². The maximum Gasteiger partial charge on any atom is 1.00 e. The molecule has 0 fully saturated rings. The molecule has 0 saturated carbocycles. The summed E-state index contributed by atoms with van der Waals surface area (Å²) >= 11 is 3.14. The summed E-state index contributed by atoms with van der Waals surface area (Å²) in [5.74, 6) is 1.84. The third-order valence-corrected chi connectivity index (χ3v) is 8.68. The minimum Gasteiger partial charge on any atom is -0.496 e. The Balaban J connectivity index is 0.000000636. The number of rotatable bonds is 10. The standard InChI is InChI=1S/C11H13BO3S.C11H12OS.C9H21BO3.C4H9.Li/c1-6-4-9-8(11(15-3)7(6)2)5-10(16-9)12(13)14;1-7-6-10-9(4-5-13-10)11(12-3)8(7)2;1-7(2)11-10(12-8(3)4)13-9(5)6;1-3-4-2;/h4-5,13-14H,1-3H3;4-6H,1-3H3;7-9H,1-6H3;1,3-4H2,2H3;/q;;;-1;+1. The van der Waals surface area contributed by atoms with Crippen molar-refractivity contribution in [2.75, 3.05) is 14.2 Å². The first kappa shape index (κ1) is 45.5. The summed E-state index contributed by atoms with van der Waals surface area (Å²) in [5.41, 5.74) is 4.78. The number of ether oxygens (including phenoxy) is 2. The van der Waals surface area contributed by atoms with Crippen LogP contribution in [0.1, 0.15) is 83.6 Å². The number of aryl methyl sites for hydroxylation is 2. The fraction of sp³-hybridized carbons (Fsp3) is 0.514. The Labute approximate surface area is 304 Å². The smallest absolute Gasteiger partial charge is 0.496 e. The van der Waals surface area contributed by atoms with Gasteiger partial charge in [0.25, 0.3) is 0 Å². The summed E-state index contributed by atoms with van der Waals surface area (Å²) in [5, 5.41) is 22.6. The Kier molecular flexibility index (Phi) is 22.3. The van der Waals surface area contributed by atoms with Crippen LogP contribution in [-0.4, -0.2) is 57.0 Å². The summed E-state index contributed by atoms with van der Waals surface area (Å²) in [6, 6.07) is 8.16. The molecule has 0 bridgehead atoms. The van der Waals surface area contributed by atoms with Gasteiger partial charge < -0.3 is 40.4 Å². The summed E-state index contributed by atoms with van der Waals surface area (Å²) < 4.78 is 29.9. The molecule has 0 radical (unpaired) electrons. The van der Waals surface area contributed by atoms with Gasteiger partial charge in [-0.1, -0.05) is 13.3 Å². The maximum absolute atomic E-state index is 9.15. The molecule has 0 aliphatic heterocycles. The molecule has 7 nitrogen and oxygen atoms in total. The second kappa shape index (κ2) is 23.0. The number of fused-ring (bicyclic) bond motifs is 2. The van der Waals surface area contributed by atoms with Crippen LogP contribution in [0.2, 0.25) is 0 Å². The van der Waals surface area contributed by atoms with E-state index in [9.17, 15) is 0 Å². The van der Waals surface area contributed by atoms with Crippen LogP contribution in [0.4, 0.5) is 0 Å². The molecule has 0 aliphatic carbocycles. The van der Waals surface area contributed by atoms with Crippen LogP contribution in [0.15, 0.2) is 29.6 Å². The molecule has 0 spiro atoms. The first-order chi connectivity index (χ1) is 21.6. The first-order valence-corrected chi connectivity index (χ1v) is 17.5. The van der Waals surface area contributed by atoms with Gasteiger partial charge in [-0.05, 0) is 121 Å². The summed E-state index contributed by atoms with van der Waals surface area (Å²) in [6.45, 7) is 25.7. The van der Waals surface area contributed by atoms with Crippen molar-refractivity contribution in [2.24, 2.45) is 0 Å². The van der Waals surface area contributed by atoms with Gasteiger partial charge in [0, 0.05) is 43.3 Å². The van der Waals surface area contributed by atoms with E-state index in [1.807, 2.05) is 61.5 Å². The average Bonchev–Trinajstić information content (AvgIpc) is 3.61. The van der Waals surface area contributed by atoms with Crippen molar-refractivity contribution in [1.82, 2.24) is 0 Å². The van der Waals surface area contributed by atoms with E-state index in [-0.39, 0.29) is 37.2 Å². The van der Waals surface area contributed by atoms with E-state index in [1.165, 1.54) is 39.0 Å². The molecule has 4 aromatic rings. The number of methoxy groups -OCH3 is 2. The summed E-state index contributed by atoms with van der Waals surface area (Å²) in [7, 11) is 1.41. The Morgan fingerprint density at radius 3 is 1.55 bits per heavy atom. The van der Waals surface area contributed by atoms with E-state index < -0.39 is 14.4 Å². The molecular formula is C35H55B2LiO7S2. The van der Waals surface area contributed by atoms with E-state index in [1.54, 1.807) is 31.6 Å². The zero-order valence-electron chi connectivity index (χ0n) is 31.1. The van der Waals surface area contributed by atoms with Crippen molar-refractivity contribution in [1.29, 1.82) is 0 Å². The molecule has 0 aliphatic rings. The van der Waals surface area contributed by atoms with E-state index in [0.717, 1.165) is 39.1 Å². The normalized spacial score (nSPS) is 10.5. The SMILES string of the molecule is CC(C)OB(OC(C)C)OC(C)C.COc1c(C)c(C)cc2sc(B(O)O)cc12.COc1c(C)c(C)cc2sccc12.[CH2-]CCC.[Li+]. The van der Waals surface area contributed by atoms with E-state index in [2.05, 4.69) is 45.2 Å². The number of benzene rings is 2. The van der Waals surface area contributed by atoms with Gasteiger partial charge in [0.15, 0.2) is 0 Å². The molecule has 47 heavy (non-hydrogen) atoms. The minimum absolute atomic E-state index is 0. The van der Waals surface area contributed by atoms with Crippen LogP contribution in [-0.2, 0) is 14.0 Å². The van der Waals surface area contributed by atoms with Crippen LogP contribution in [0, 0.1) is 34.6 Å². The van der Waals surface area contributed by atoms with Crippen molar-refractivity contribution in [3.63, 3.8) is 0 Å². The predicted molar refractivity (Wildman–Crippen MR) is 200 cm³/mol. The largest absolute Gasteiger partial charge is 1.00 e. The third kappa shape index (κ3) is 14.9. The molecule has 0 unspecified atom stereocenters. The Hall–Kier alpha value is -1.51. The third-order valence-electron chi connectivity index (χ3n) is 6.69. The van der Waals surface area contributed by atoms with E-state index in [4.69, 9.17) is 33.5 Å². The molecule has 0 amide bonds. The van der Waals surface area contributed by atoms with Crippen LogP contribution < -0.4 is 33.1 Å². The van der Waals surface area contributed by atoms with Gasteiger partial charge in [0.2, 0.25) is 0 Å². The Morgan fingerprint density at radius 1 is 0.745 bits per heavy atom. The molecule has 4 rings (SSSR count). The van der Waals surface area contributed by atoms with Gasteiger partial charge in [-0.25, -0.2) is 0 Å². The van der Waals surface area contributed by atoms with Gasteiger partial charge in [0.05, 0.1) is 14.2 Å². The van der Waals surface area contributed by atoms with Crippen LogP contribution >= 0.6 is 22.7 Å². The number of thiophene rings is 2. The molecule has 2 aromatic heterocycles. The van der Waals surface area contributed by atoms with Crippen molar-refractivity contribution in [3.8, 4) is 11.5 Å². The Morgan fingerprint density at radius 2 is 1.17 bits per heavy atom. The van der Waals surface area contributed by atoms with Crippen molar-refractivity contribution >= 4 is 62.1 Å². The summed E-state index contributed by atoms with van der Waals surface area (Å²) in [4.78, 5) is 0. The van der Waals surface area contributed by atoms with Gasteiger partial charge in [-0.3, -0.25) is 0 Å². The summed E-state index contributed by atoms with van der Waals surface area (Å²) in [6.07, 6.45) is 2.62. The maximum atomic E-state index is 9.15. The number of unbranched alkanes of at least 4 members (excludes halogenated alkanes) is 1. The monoisotopic (exact) mass is 680 g/mol. The molecule has 2 heterocycles. The minimum atomic E-state index is -1.41. The molecule has 2 N–H and O–H groups in total. The zero-order chi connectivity index (χ0) is 35.1. The molecule has 12 heteroatoms. The van der Waals surface area contributed by atoms with E-state index in [0.29, 0.717) is 4.78 Å². The molecule has 0 saturated heterocycles. The number of hydrogen-bond acceptors (Lipinski definition) is 9. The zero-order valence-corrected chi connectivity index (χ0v) is 32.8. The van der Waals surface area contributed by atoms with Crippen LogP contribution in [0.25, 0.3) is 20.2 Å². The van der Waals surface area contributed by atoms with Gasteiger partial charge >= 0.3 is 33.3 Å². The average molecular weight is 681 g/mol. The number of hydrogen-bond donors (Lipinski definition) is 2. The Bertz CT molecular complexity index is 1430. The fourth-order valence-electron chi connectivity index (χ4n) is 4.12. The van der Waals surface area contributed by atoms with Crippen LogP contribution in [0.3, 0.4) is 0 Å². The predicted octanol–water partition coefficient (Wildman–Crippen LogP) is 5.60. The second-order valence-electron chi connectivity index (χ2n) is 11.7. The molecule has 0 atom stereocenters. The molecular weight excluding hydrogens is 625 g/mol. The van der Waals surface area contributed by atoms with Gasteiger partial charge in [-0.2, -0.15) is 6.42 Å².